The van der Waals surface area contributed by atoms with Crippen molar-refractivity contribution in [3.63, 3.8) is 0 Å². The summed E-state index contributed by atoms with van der Waals surface area (Å²) < 4.78 is 33.0. The van der Waals surface area contributed by atoms with Gasteiger partial charge in [-0.3, -0.25) is 0 Å². The molecule has 126 valence electrons. The molecule has 5 nitrogen and oxygen atoms in total. The van der Waals surface area contributed by atoms with E-state index < -0.39 is 10.0 Å². The van der Waals surface area contributed by atoms with Crippen LogP contribution in [0.3, 0.4) is 0 Å². The Bertz CT molecular complexity index is 991. The second-order valence-electron chi connectivity index (χ2n) is 5.73. The van der Waals surface area contributed by atoms with E-state index in [9.17, 15) is 8.42 Å². The number of rotatable bonds is 5. The highest BCUT2D eigenvalue weighted by molar-refractivity contribution is 7.90. The maximum Gasteiger partial charge on any atom is 0.283 e. The predicted octanol–water partition coefficient (Wildman–Crippen LogP) is 3.68. The van der Waals surface area contributed by atoms with Crippen LogP contribution < -0.4 is 4.74 Å². The molecule has 0 saturated heterocycles. The molecule has 6 heteroatoms. The van der Waals surface area contributed by atoms with E-state index >= 15 is 0 Å². The van der Waals surface area contributed by atoms with Crippen LogP contribution in [0.25, 0.3) is 10.8 Å². The zero-order valence-electron chi connectivity index (χ0n) is 14.0. The Morgan fingerprint density at radius 3 is 2.42 bits per heavy atom. The zero-order chi connectivity index (χ0) is 17.3. The van der Waals surface area contributed by atoms with E-state index in [0.717, 1.165) is 15.9 Å². The van der Waals surface area contributed by atoms with Crippen LogP contribution in [0.15, 0.2) is 47.4 Å². The topological polar surface area (TPSA) is 61.2 Å². The molecule has 1 heterocycles. The van der Waals surface area contributed by atoms with E-state index in [1.807, 2.05) is 25.1 Å². The molecule has 0 bridgehead atoms. The average Bonchev–Trinajstić information content (AvgIpc) is 2.91. The number of hydrogen-bond acceptors (Lipinski definition) is 4. The lowest BCUT2D eigenvalue weighted by Gasteiger charge is -2.13. The SMILES string of the molecule is CCCOc1ccc(S(=O)(=O)n2nc(C)cc2C)c2ccccc12. The van der Waals surface area contributed by atoms with Gasteiger partial charge in [0.2, 0.25) is 0 Å². The first-order valence-corrected chi connectivity index (χ1v) is 9.32. The fourth-order valence-corrected chi connectivity index (χ4v) is 4.30. The second-order valence-corrected chi connectivity index (χ2v) is 7.47. The molecular weight excluding hydrogens is 324 g/mol. The minimum absolute atomic E-state index is 0.230. The lowest BCUT2D eigenvalue weighted by Crippen LogP contribution is -2.16. The second kappa shape index (κ2) is 6.28. The highest BCUT2D eigenvalue weighted by atomic mass is 32.2. The van der Waals surface area contributed by atoms with Crippen LogP contribution in [0, 0.1) is 13.8 Å². The molecule has 0 fully saturated rings. The van der Waals surface area contributed by atoms with Gasteiger partial charge in [0.1, 0.15) is 5.75 Å². The molecule has 3 aromatic rings. The summed E-state index contributed by atoms with van der Waals surface area (Å²) in [5, 5.41) is 5.56. The molecule has 0 atom stereocenters. The number of aryl methyl sites for hydroxylation is 2. The largest absolute Gasteiger partial charge is 0.493 e. The molecule has 0 aliphatic rings. The molecule has 0 unspecified atom stereocenters. The minimum Gasteiger partial charge on any atom is -0.493 e. The van der Waals surface area contributed by atoms with Gasteiger partial charge in [-0.15, -0.1) is 0 Å². The van der Waals surface area contributed by atoms with Crippen LogP contribution in [-0.4, -0.2) is 24.2 Å². The van der Waals surface area contributed by atoms with E-state index in [1.165, 1.54) is 0 Å². The molecular formula is C18H20N2O3S. The molecule has 0 aliphatic heterocycles. The summed E-state index contributed by atoms with van der Waals surface area (Å²) in [6.07, 6.45) is 0.889. The Labute approximate surface area is 141 Å². The van der Waals surface area contributed by atoms with Gasteiger partial charge in [0.05, 0.1) is 22.9 Å². The van der Waals surface area contributed by atoms with Gasteiger partial charge < -0.3 is 4.74 Å². The van der Waals surface area contributed by atoms with Gasteiger partial charge in [-0.2, -0.15) is 17.6 Å². The highest BCUT2D eigenvalue weighted by Crippen LogP contribution is 2.32. The third-order valence-corrected chi connectivity index (χ3v) is 5.52. The van der Waals surface area contributed by atoms with Crippen LogP contribution in [0.1, 0.15) is 24.7 Å². The maximum atomic E-state index is 13.1. The standard InChI is InChI=1S/C18H20N2O3S/c1-4-11-23-17-9-10-18(16-8-6-5-7-15(16)17)24(21,22)20-14(3)12-13(2)19-20/h5-10,12H,4,11H2,1-3H3. The number of fused-ring (bicyclic) bond motifs is 1. The molecule has 0 saturated carbocycles. The third kappa shape index (κ3) is 2.78. The first kappa shape index (κ1) is 16.5. The van der Waals surface area contributed by atoms with Crippen LogP contribution in [0.2, 0.25) is 0 Å². The Morgan fingerprint density at radius 2 is 1.79 bits per heavy atom. The quantitative estimate of drug-likeness (QED) is 0.708. The first-order chi connectivity index (χ1) is 11.4. The number of ether oxygens (including phenoxy) is 1. The fraction of sp³-hybridized carbons (Fsp3) is 0.278. The number of benzene rings is 2. The lowest BCUT2D eigenvalue weighted by atomic mass is 10.1. The number of hydrogen-bond donors (Lipinski definition) is 0. The third-order valence-electron chi connectivity index (χ3n) is 3.78. The average molecular weight is 344 g/mol. The molecule has 0 spiro atoms. The minimum atomic E-state index is -3.76. The van der Waals surface area contributed by atoms with E-state index in [1.54, 1.807) is 38.1 Å². The van der Waals surface area contributed by atoms with Crippen molar-refractivity contribution in [2.45, 2.75) is 32.1 Å². The summed E-state index contributed by atoms with van der Waals surface area (Å²) in [6, 6.07) is 12.4. The zero-order valence-corrected chi connectivity index (χ0v) is 14.8. The molecule has 0 radical (unpaired) electrons. The number of aromatic nitrogens is 2. The Hall–Kier alpha value is -2.34. The molecule has 3 rings (SSSR count). The van der Waals surface area contributed by atoms with E-state index in [0.29, 0.717) is 29.1 Å². The van der Waals surface area contributed by atoms with Gasteiger partial charge in [0.25, 0.3) is 10.0 Å². The normalized spacial score (nSPS) is 11.8. The van der Waals surface area contributed by atoms with Gasteiger partial charge >= 0.3 is 0 Å². The van der Waals surface area contributed by atoms with Crippen LogP contribution in [0.4, 0.5) is 0 Å². The maximum absolute atomic E-state index is 13.1. The fourth-order valence-electron chi connectivity index (χ4n) is 2.75. The summed E-state index contributed by atoms with van der Waals surface area (Å²) in [5.74, 6) is 0.694. The predicted molar refractivity (Wildman–Crippen MR) is 94.0 cm³/mol. The summed E-state index contributed by atoms with van der Waals surface area (Å²) in [7, 11) is -3.76. The van der Waals surface area contributed by atoms with Crippen LogP contribution in [-0.2, 0) is 10.0 Å². The van der Waals surface area contributed by atoms with E-state index in [-0.39, 0.29) is 4.90 Å². The Balaban J connectivity index is 2.22. The van der Waals surface area contributed by atoms with E-state index in [4.69, 9.17) is 4.74 Å². The van der Waals surface area contributed by atoms with Crippen LogP contribution >= 0.6 is 0 Å². The first-order valence-electron chi connectivity index (χ1n) is 7.88. The van der Waals surface area contributed by atoms with Gasteiger partial charge in [-0.05, 0) is 38.5 Å². The summed E-state index contributed by atoms with van der Waals surface area (Å²) >= 11 is 0. The van der Waals surface area contributed by atoms with E-state index in [2.05, 4.69) is 5.10 Å². The van der Waals surface area contributed by atoms with Crippen molar-refractivity contribution in [2.24, 2.45) is 0 Å². The Kier molecular flexibility index (Phi) is 4.32. The molecule has 2 aromatic carbocycles. The van der Waals surface area contributed by atoms with Crippen molar-refractivity contribution >= 4 is 20.8 Å². The summed E-state index contributed by atoms with van der Waals surface area (Å²) in [4.78, 5) is 0.230. The lowest BCUT2D eigenvalue weighted by molar-refractivity contribution is 0.321. The van der Waals surface area contributed by atoms with Crippen molar-refractivity contribution in [2.75, 3.05) is 6.61 Å². The van der Waals surface area contributed by atoms with Crippen LogP contribution in [0.5, 0.6) is 5.75 Å². The van der Waals surface area contributed by atoms with Gasteiger partial charge in [-0.1, -0.05) is 31.2 Å². The summed E-state index contributed by atoms with van der Waals surface area (Å²) in [5.41, 5.74) is 1.26. The number of nitrogens with zero attached hydrogens (tertiary/aromatic N) is 2. The van der Waals surface area contributed by atoms with Crippen molar-refractivity contribution in [1.82, 2.24) is 9.19 Å². The Morgan fingerprint density at radius 1 is 1.08 bits per heavy atom. The molecule has 0 amide bonds. The monoisotopic (exact) mass is 344 g/mol. The molecule has 0 aliphatic carbocycles. The van der Waals surface area contributed by atoms with Crippen molar-refractivity contribution in [3.05, 3.63) is 53.9 Å². The van der Waals surface area contributed by atoms with Gasteiger partial charge in [0, 0.05) is 10.8 Å². The molecule has 0 N–H and O–H groups in total. The van der Waals surface area contributed by atoms with Crippen molar-refractivity contribution < 1.29 is 13.2 Å². The van der Waals surface area contributed by atoms with Crippen molar-refractivity contribution in [3.8, 4) is 5.75 Å². The smallest absolute Gasteiger partial charge is 0.283 e. The highest BCUT2D eigenvalue weighted by Gasteiger charge is 2.23. The van der Waals surface area contributed by atoms with Gasteiger partial charge in [-0.25, -0.2) is 0 Å². The molecule has 24 heavy (non-hydrogen) atoms. The summed E-state index contributed by atoms with van der Waals surface area (Å²) in [6.45, 7) is 6.13. The van der Waals surface area contributed by atoms with Crippen molar-refractivity contribution in [1.29, 1.82) is 0 Å². The molecule has 1 aromatic heterocycles. The van der Waals surface area contributed by atoms with Gasteiger partial charge in [0.15, 0.2) is 0 Å².